The molecule has 0 fully saturated rings. The summed E-state index contributed by atoms with van der Waals surface area (Å²) in [7, 11) is -3.62. The van der Waals surface area contributed by atoms with Crippen molar-refractivity contribution in [3.8, 4) is 11.3 Å². The van der Waals surface area contributed by atoms with Gasteiger partial charge in [-0.15, -0.1) is 11.3 Å². The minimum absolute atomic E-state index is 0.247. The van der Waals surface area contributed by atoms with Gasteiger partial charge in [0.15, 0.2) is 5.60 Å². The fourth-order valence-electron chi connectivity index (χ4n) is 3.67. The van der Waals surface area contributed by atoms with Crippen LogP contribution in [0.25, 0.3) is 21.3 Å². The van der Waals surface area contributed by atoms with Gasteiger partial charge in [-0.05, 0) is 47.7 Å². The standard InChI is InChI=1S/C24H20ClF3N2O3S2/c1-23(31,24(26,27)28)15-10-11-29-19(13-15)17-8-5-6-14-12-20(34-22(14)17)21(30-35(2,32)33)16-7-3-4-9-18(16)25/h3-13,21,30-31H,1-2H3/t21?,23-/m1/s1. The first-order valence-corrected chi connectivity index (χ1v) is 13.4. The number of nitrogens with zero attached hydrogens (tertiary/aromatic N) is 1. The van der Waals surface area contributed by atoms with E-state index in [2.05, 4.69) is 9.71 Å². The van der Waals surface area contributed by atoms with Gasteiger partial charge in [-0.2, -0.15) is 13.2 Å². The number of hydrogen-bond donors (Lipinski definition) is 2. The first-order chi connectivity index (χ1) is 16.3. The van der Waals surface area contributed by atoms with Gasteiger partial charge in [-0.25, -0.2) is 13.1 Å². The van der Waals surface area contributed by atoms with Gasteiger partial charge in [0.05, 0.1) is 18.0 Å². The van der Waals surface area contributed by atoms with Gasteiger partial charge in [0.2, 0.25) is 10.0 Å². The molecule has 0 spiro atoms. The molecule has 0 saturated carbocycles. The smallest absolute Gasteiger partial charge is 0.376 e. The van der Waals surface area contributed by atoms with E-state index in [0.29, 0.717) is 32.7 Å². The molecular formula is C24H20ClF3N2O3S2. The number of aliphatic hydroxyl groups is 1. The molecule has 35 heavy (non-hydrogen) atoms. The van der Waals surface area contributed by atoms with Gasteiger partial charge in [-0.1, -0.05) is 48.0 Å². The van der Waals surface area contributed by atoms with Crippen LogP contribution in [0.1, 0.15) is 29.0 Å². The highest BCUT2D eigenvalue weighted by Gasteiger charge is 2.51. The SMILES string of the molecule is C[C@@](O)(c1ccnc(-c2cccc3cc(C(NS(C)(=O)=O)c4ccccc4Cl)sc23)c1)C(F)(F)F. The monoisotopic (exact) mass is 540 g/mol. The number of nitrogens with one attached hydrogen (secondary N) is 1. The Labute approximate surface area is 209 Å². The quantitative estimate of drug-likeness (QED) is 0.313. The number of thiophene rings is 1. The van der Waals surface area contributed by atoms with Crippen LogP contribution in [0.5, 0.6) is 0 Å². The molecule has 2 aromatic carbocycles. The first-order valence-electron chi connectivity index (χ1n) is 10.3. The summed E-state index contributed by atoms with van der Waals surface area (Å²) in [5.74, 6) is 0. The van der Waals surface area contributed by atoms with Gasteiger partial charge in [-0.3, -0.25) is 4.98 Å². The highest BCUT2D eigenvalue weighted by molar-refractivity contribution is 7.88. The Bertz CT molecular complexity index is 1500. The number of fused-ring (bicyclic) bond motifs is 1. The lowest BCUT2D eigenvalue weighted by atomic mass is 9.94. The Hall–Kier alpha value is -2.50. The molecule has 4 aromatic rings. The van der Waals surface area contributed by atoms with Gasteiger partial charge < -0.3 is 5.11 Å². The van der Waals surface area contributed by atoms with Crippen molar-refractivity contribution in [1.82, 2.24) is 9.71 Å². The number of rotatable bonds is 6. The molecule has 0 bridgehead atoms. The van der Waals surface area contributed by atoms with Crippen molar-refractivity contribution in [2.45, 2.75) is 24.7 Å². The second-order valence-electron chi connectivity index (χ2n) is 8.22. The minimum Gasteiger partial charge on any atom is -0.376 e. The zero-order chi connectivity index (χ0) is 25.6. The molecule has 0 amide bonds. The largest absolute Gasteiger partial charge is 0.421 e. The second kappa shape index (κ2) is 9.18. The fourth-order valence-corrected chi connectivity index (χ4v) is 5.92. The predicted octanol–water partition coefficient (Wildman–Crippen LogP) is 6.03. The van der Waals surface area contributed by atoms with Crippen LogP contribution >= 0.6 is 22.9 Å². The number of aromatic nitrogens is 1. The lowest BCUT2D eigenvalue weighted by Crippen LogP contribution is -2.39. The van der Waals surface area contributed by atoms with Crippen LogP contribution in [0.3, 0.4) is 0 Å². The number of halogens is 4. The van der Waals surface area contributed by atoms with Crippen molar-refractivity contribution in [1.29, 1.82) is 0 Å². The van der Waals surface area contributed by atoms with Crippen LogP contribution in [0.2, 0.25) is 5.02 Å². The highest BCUT2D eigenvalue weighted by atomic mass is 35.5. The lowest BCUT2D eigenvalue weighted by Gasteiger charge is -2.26. The van der Waals surface area contributed by atoms with Crippen LogP contribution in [-0.2, 0) is 15.6 Å². The molecule has 5 nitrogen and oxygen atoms in total. The van der Waals surface area contributed by atoms with Crippen LogP contribution in [-0.4, -0.2) is 30.9 Å². The number of benzene rings is 2. The van der Waals surface area contributed by atoms with E-state index in [1.165, 1.54) is 23.6 Å². The minimum atomic E-state index is -4.87. The number of sulfonamides is 1. The van der Waals surface area contributed by atoms with E-state index in [1.54, 1.807) is 36.4 Å². The van der Waals surface area contributed by atoms with Gasteiger partial charge in [0.25, 0.3) is 0 Å². The van der Waals surface area contributed by atoms with Crippen LogP contribution < -0.4 is 4.72 Å². The molecule has 4 rings (SSSR count). The van der Waals surface area contributed by atoms with E-state index in [1.807, 2.05) is 12.1 Å². The lowest BCUT2D eigenvalue weighted by molar-refractivity contribution is -0.258. The number of alkyl halides is 3. The zero-order valence-electron chi connectivity index (χ0n) is 18.5. The molecule has 1 unspecified atom stereocenters. The summed E-state index contributed by atoms with van der Waals surface area (Å²) in [5, 5.41) is 11.3. The van der Waals surface area contributed by atoms with Gasteiger partial charge >= 0.3 is 6.18 Å². The van der Waals surface area contributed by atoms with E-state index < -0.39 is 27.8 Å². The maximum atomic E-state index is 13.4. The molecule has 184 valence electrons. The molecule has 2 heterocycles. The van der Waals surface area contributed by atoms with Gasteiger partial charge in [0, 0.05) is 26.4 Å². The summed E-state index contributed by atoms with van der Waals surface area (Å²) in [4.78, 5) is 4.88. The second-order valence-corrected chi connectivity index (χ2v) is 11.5. The summed E-state index contributed by atoms with van der Waals surface area (Å²) in [6.45, 7) is 0.695. The zero-order valence-corrected chi connectivity index (χ0v) is 20.9. The van der Waals surface area contributed by atoms with Crippen molar-refractivity contribution < 1.29 is 26.7 Å². The Kier molecular flexibility index (Phi) is 6.71. The maximum absolute atomic E-state index is 13.4. The molecule has 2 N–H and O–H groups in total. The Balaban J connectivity index is 1.86. The third-order valence-corrected chi connectivity index (χ3v) is 7.80. The van der Waals surface area contributed by atoms with Crippen molar-refractivity contribution in [3.05, 3.63) is 87.9 Å². The molecule has 0 aliphatic heterocycles. The Morgan fingerprint density at radius 3 is 2.46 bits per heavy atom. The van der Waals surface area contributed by atoms with E-state index in [-0.39, 0.29) is 11.3 Å². The van der Waals surface area contributed by atoms with Crippen LogP contribution in [0.15, 0.2) is 66.9 Å². The van der Waals surface area contributed by atoms with E-state index in [9.17, 15) is 26.7 Å². The van der Waals surface area contributed by atoms with Crippen molar-refractivity contribution in [2.75, 3.05) is 6.26 Å². The summed E-state index contributed by atoms with van der Waals surface area (Å²) in [6, 6.07) is 15.5. The molecule has 0 aliphatic carbocycles. The molecule has 0 aliphatic rings. The maximum Gasteiger partial charge on any atom is 0.421 e. The number of pyridine rings is 1. The summed E-state index contributed by atoms with van der Waals surface area (Å²) in [6.07, 6.45) is -2.60. The summed E-state index contributed by atoms with van der Waals surface area (Å²) in [5.41, 5.74) is -2.02. The Morgan fingerprint density at radius 1 is 1.09 bits per heavy atom. The molecule has 0 radical (unpaired) electrons. The molecule has 2 aromatic heterocycles. The van der Waals surface area contributed by atoms with Crippen molar-refractivity contribution >= 4 is 43.0 Å². The van der Waals surface area contributed by atoms with E-state index in [0.717, 1.165) is 17.7 Å². The number of hydrogen-bond acceptors (Lipinski definition) is 5. The first kappa shape index (κ1) is 25.6. The molecular weight excluding hydrogens is 521 g/mol. The molecule has 11 heteroatoms. The summed E-state index contributed by atoms with van der Waals surface area (Å²) < 4.78 is 67.8. The van der Waals surface area contributed by atoms with Crippen LogP contribution in [0.4, 0.5) is 13.2 Å². The topological polar surface area (TPSA) is 79.3 Å². The highest BCUT2D eigenvalue weighted by Crippen LogP contribution is 2.42. The fraction of sp³-hybridized carbons (Fsp3) is 0.208. The normalized spacial score (nSPS) is 15.2. The third kappa shape index (κ3) is 5.22. The van der Waals surface area contributed by atoms with Crippen molar-refractivity contribution in [2.24, 2.45) is 0 Å². The molecule has 2 atom stereocenters. The summed E-state index contributed by atoms with van der Waals surface area (Å²) >= 11 is 7.64. The van der Waals surface area contributed by atoms with E-state index in [4.69, 9.17) is 11.6 Å². The average Bonchev–Trinajstić information content (AvgIpc) is 3.21. The Morgan fingerprint density at radius 2 is 1.80 bits per heavy atom. The average molecular weight is 541 g/mol. The molecule has 0 saturated heterocycles. The van der Waals surface area contributed by atoms with E-state index >= 15 is 0 Å². The predicted molar refractivity (Wildman–Crippen MR) is 132 cm³/mol. The van der Waals surface area contributed by atoms with Crippen molar-refractivity contribution in [3.63, 3.8) is 0 Å². The van der Waals surface area contributed by atoms with Crippen LogP contribution in [0, 0.1) is 0 Å². The van der Waals surface area contributed by atoms with Gasteiger partial charge in [0.1, 0.15) is 0 Å². The third-order valence-electron chi connectivity index (χ3n) is 5.55.